The lowest BCUT2D eigenvalue weighted by Gasteiger charge is -2.12. The van der Waals surface area contributed by atoms with Gasteiger partial charge in [-0.15, -0.1) is 0 Å². The van der Waals surface area contributed by atoms with Gasteiger partial charge in [-0.2, -0.15) is 13.2 Å². The van der Waals surface area contributed by atoms with Gasteiger partial charge in [-0.1, -0.05) is 97.4 Å². The van der Waals surface area contributed by atoms with Gasteiger partial charge in [0.05, 0.1) is 11.3 Å². The summed E-state index contributed by atoms with van der Waals surface area (Å²) in [5.41, 5.74) is 5.48. The zero-order valence-electron chi connectivity index (χ0n) is 22.1. The molecule has 4 aromatic carbocycles. The Bertz CT molecular complexity index is 1640. The number of alkyl halides is 3. The van der Waals surface area contributed by atoms with Crippen LogP contribution in [0.15, 0.2) is 102 Å². The van der Waals surface area contributed by atoms with E-state index in [9.17, 15) is 17.6 Å². The number of nitrogens with zero attached hydrogens (tertiary/aromatic N) is 2. The minimum atomic E-state index is -4.37. The Morgan fingerprint density at radius 3 is 2.00 bits per heavy atom. The smallest absolute Gasteiger partial charge is 0.230 e. The van der Waals surface area contributed by atoms with Crippen molar-refractivity contribution in [2.75, 3.05) is 0 Å². The monoisotopic (exact) mass is 592 g/mol. The molecule has 1 heterocycles. The highest BCUT2D eigenvalue weighted by Gasteiger charge is 2.29. The first-order valence-electron chi connectivity index (χ1n) is 13.0. The van der Waals surface area contributed by atoms with Crippen molar-refractivity contribution >= 4 is 23.4 Å². The molecule has 0 aliphatic heterocycles. The van der Waals surface area contributed by atoms with Gasteiger partial charge in [0.1, 0.15) is 5.82 Å². The van der Waals surface area contributed by atoms with Gasteiger partial charge in [-0.3, -0.25) is 0 Å². The SMILES string of the molecule is CCCc1ccc(-c2ccc(-c3nc(SCc4ccc(C(F)(F)F)cc4)ncc3-c3ccc(Cl)cc3)cc2)c(F)c1. The quantitative estimate of drug-likeness (QED) is 0.102. The van der Waals surface area contributed by atoms with Crippen LogP contribution < -0.4 is 0 Å². The van der Waals surface area contributed by atoms with Crippen molar-refractivity contribution in [3.63, 3.8) is 0 Å². The molecule has 2 nitrogen and oxygen atoms in total. The first-order chi connectivity index (χ1) is 19.7. The highest BCUT2D eigenvalue weighted by atomic mass is 35.5. The Hall–Kier alpha value is -3.68. The molecule has 208 valence electrons. The average molecular weight is 593 g/mol. The van der Waals surface area contributed by atoms with Crippen molar-refractivity contribution < 1.29 is 17.6 Å². The van der Waals surface area contributed by atoms with Crippen LogP contribution in [0.5, 0.6) is 0 Å². The summed E-state index contributed by atoms with van der Waals surface area (Å²) < 4.78 is 53.6. The summed E-state index contributed by atoms with van der Waals surface area (Å²) in [6.07, 6.45) is -0.856. The normalized spacial score (nSPS) is 11.6. The van der Waals surface area contributed by atoms with Crippen LogP contribution in [-0.2, 0) is 18.3 Å². The van der Waals surface area contributed by atoms with E-state index in [2.05, 4.69) is 11.9 Å². The second kappa shape index (κ2) is 12.5. The molecule has 0 amide bonds. The number of rotatable bonds is 8. The molecule has 0 bridgehead atoms. The molecule has 0 unspecified atom stereocenters. The second-order valence-electron chi connectivity index (χ2n) is 9.55. The maximum atomic E-state index is 14.9. The molecule has 8 heteroatoms. The van der Waals surface area contributed by atoms with Gasteiger partial charge in [0, 0.05) is 33.7 Å². The molecule has 0 radical (unpaired) electrons. The van der Waals surface area contributed by atoms with Crippen LogP contribution in [0.2, 0.25) is 5.02 Å². The maximum absolute atomic E-state index is 14.9. The highest BCUT2D eigenvalue weighted by molar-refractivity contribution is 7.98. The van der Waals surface area contributed by atoms with E-state index in [1.807, 2.05) is 48.5 Å². The van der Waals surface area contributed by atoms with Crippen molar-refractivity contribution in [1.82, 2.24) is 9.97 Å². The number of halogens is 5. The van der Waals surface area contributed by atoms with Gasteiger partial charge in [0.25, 0.3) is 0 Å². The summed E-state index contributed by atoms with van der Waals surface area (Å²) in [4.78, 5) is 9.36. The molecule has 0 fully saturated rings. The summed E-state index contributed by atoms with van der Waals surface area (Å²) in [5.74, 6) is 0.152. The van der Waals surface area contributed by atoms with Gasteiger partial charge in [0.15, 0.2) is 5.16 Å². The maximum Gasteiger partial charge on any atom is 0.416 e. The predicted molar refractivity (Wildman–Crippen MR) is 158 cm³/mol. The molecule has 1 aromatic heterocycles. The molecule has 0 spiro atoms. The van der Waals surface area contributed by atoms with E-state index in [0.717, 1.165) is 58.4 Å². The van der Waals surface area contributed by atoms with Crippen LogP contribution >= 0.6 is 23.4 Å². The molecule has 5 rings (SSSR count). The number of hydrogen-bond donors (Lipinski definition) is 0. The summed E-state index contributed by atoms with van der Waals surface area (Å²) >= 11 is 7.44. The second-order valence-corrected chi connectivity index (χ2v) is 10.9. The fourth-order valence-corrected chi connectivity index (χ4v) is 5.38. The number of benzene rings is 4. The number of thioether (sulfide) groups is 1. The first-order valence-corrected chi connectivity index (χ1v) is 14.4. The number of aryl methyl sites for hydroxylation is 1. The van der Waals surface area contributed by atoms with E-state index in [4.69, 9.17) is 16.6 Å². The minimum absolute atomic E-state index is 0.255. The molecule has 5 aromatic rings. The topological polar surface area (TPSA) is 25.8 Å². The van der Waals surface area contributed by atoms with Gasteiger partial charge < -0.3 is 0 Å². The zero-order valence-corrected chi connectivity index (χ0v) is 23.6. The van der Waals surface area contributed by atoms with Crippen molar-refractivity contribution in [2.24, 2.45) is 0 Å². The summed E-state index contributed by atoms with van der Waals surface area (Å²) in [7, 11) is 0. The van der Waals surface area contributed by atoms with Crippen LogP contribution in [0.1, 0.15) is 30.0 Å². The fraction of sp³-hybridized carbons (Fsp3) is 0.152. The number of aromatic nitrogens is 2. The van der Waals surface area contributed by atoms with E-state index >= 15 is 0 Å². The molecule has 0 saturated carbocycles. The predicted octanol–water partition coefficient (Wildman–Crippen LogP) is 10.5. The van der Waals surface area contributed by atoms with Crippen LogP contribution in [-0.4, -0.2) is 9.97 Å². The fourth-order valence-electron chi connectivity index (χ4n) is 4.48. The van der Waals surface area contributed by atoms with Crippen LogP contribution in [0, 0.1) is 5.82 Å². The summed E-state index contributed by atoms with van der Waals surface area (Å²) in [6.45, 7) is 2.06. The third-order valence-corrected chi connectivity index (χ3v) is 7.80. The molecule has 0 N–H and O–H groups in total. The Balaban J connectivity index is 1.45. The Morgan fingerprint density at radius 2 is 1.37 bits per heavy atom. The molecule has 0 aliphatic rings. The molecule has 0 saturated heterocycles. The molecular formula is C33H25ClF4N2S. The van der Waals surface area contributed by atoms with Gasteiger partial charge in [-0.25, -0.2) is 14.4 Å². The largest absolute Gasteiger partial charge is 0.416 e. The number of hydrogen-bond acceptors (Lipinski definition) is 3. The van der Waals surface area contributed by atoms with Crippen molar-refractivity contribution in [3.05, 3.63) is 125 Å². The van der Waals surface area contributed by atoms with Crippen molar-refractivity contribution in [2.45, 2.75) is 36.9 Å². The lowest BCUT2D eigenvalue weighted by Crippen LogP contribution is -2.04. The van der Waals surface area contributed by atoms with Gasteiger partial charge in [0.2, 0.25) is 0 Å². The van der Waals surface area contributed by atoms with Gasteiger partial charge >= 0.3 is 6.18 Å². The Labute approximate surface area is 245 Å². The van der Waals surface area contributed by atoms with Crippen molar-refractivity contribution in [1.29, 1.82) is 0 Å². The van der Waals surface area contributed by atoms with E-state index < -0.39 is 11.7 Å². The van der Waals surface area contributed by atoms with E-state index in [1.165, 1.54) is 23.9 Å². The van der Waals surface area contributed by atoms with E-state index in [0.29, 0.717) is 27.2 Å². The Morgan fingerprint density at radius 1 is 0.756 bits per heavy atom. The third kappa shape index (κ3) is 6.97. The van der Waals surface area contributed by atoms with Gasteiger partial charge in [-0.05, 0) is 59.0 Å². The van der Waals surface area contributed by atoms with Crippen LogP contribution in [0.4, 0.5) is 17.6 Å². The Kier molecular flexibility index (Phi) is 8.76. The average Bonchev–Trinajstić information content (AvgIpc) is 2.97. The zero-order chi connectivity index (χ0) is 29.0. The standard InChI is InChI=1S/C33H25ClF4N2S/c1-2-3-21-6-17-28(30(35)18-21)23-7-9-25(10-8-23)31-29(24-11-15-27(34)16-12-24)19-39-32(40-31)41-20-22-4-13-26(14-5-22)33(36,37)38/h4-19H,2-3,20H2,1H3. The lowest BCUT2D eigenvalue weighted by molar-refractivity contribution is -0.137. The first kappa shape index (κ1) is 28.8. The van der Waals surface area contributed by atoms with E-state index in [1.54, 1.807) is 24.4 Å². The summed E-state index contributed by atoms with van der Waals surface area (Å²) in [6, 6.07) is 25.4. The third-order valence-electron chi connectivity index (χ3n) is 6.61. The van der Waals surface area contributed by atoms with Crippen molar-refractivity contribution in [3.8, 4) is 33.5 Å². The van der Waals surface area contributed by atoms with Crippen LogP contribution in [0.3, 0.4) is 0 Å². The molecule has 41 heavy (non-hydrogen) atoms. The molecule has 0 aliphatic carbocycles. The highest BCUT2D eigenvalue weighted by Crippen LogP contribution is 2.35. The minimum Gasteiger partial charge on any atom is -0.230 e. The summed E-state index contributed by atoms with van der Waals surface area (Å²) in [5, 5.41) is 1.09. The lowest BCUT2D eigenvalue weighted by atomic mass is 9.97. The van der Waals surface area contributed by atoms with E-state index in [-0.39, 0.29) is 5.82 Å². The molecule has 0 atom stereocenters. The molecular weight excluding hydrogens is 568 g/mol. The van der Waals surface area contributed by atoms with Crippen LogP contribution in [0.25, 0.3) is 33.5 Å².